The number of H-pyrrole nitrogens is 1. The minimum atomic E-state index is -2.07. The quantitative estimate of drug-likeness (QED) is 0.377. The number of fused-ring (bicyclic) bond motifs is 1. The summed E-state index contributed by atoms with van der Waals surface area (Å²) in [5.41, 5.74) is 0.912. The summed E-state index contributed by atoms with van der Waals surface area (Å²) in [7, 11) is -2.07. The van der Waals surface area contributed by atoms with Gasteiger partial charge in [0.2, 0.25) is 0 Å². The molecule has 0 aromatic carbocycles. The lowest BCUT2D eigenvalue weighted by Gasteiger charge is -2.36. The highest BCUT2D eigenvalue weighted by Crippen LogP contribution is 2.38. The van der Waals surface area contributed by atoms with Gasteiger partial charge in [-0.1, -0.05) is 57.8 Å². The van der Waals surface area contributed by atoms with Crippen LogP contribution in [-0.2, 0) is 11.0 Å². The number of aromatic nitrogens is 4. The molecule has 0 saturated heterocycles. The van der Waals surface area contributed by atoms with Gasteiger partial charge in [0, 0.05) is 11.8 Å². The van der Waals surface area contributed by atoms with Crippen LogP contribution in [0, 0.1) is 0 Å². The molecular weight excluding hydrogens is 467 g/mol. The smallest absolute Gasteiger partial charge is 0.334 e. The molecule has 32 heavy (non-hydrogen) atoms. The van der Waals surface area contributed by atoms with Crippen molar-refractivity contribution in [2.75, 3.05) is 0 Å². The molecule has 172 valence electrons. The number of pyridine rings is 2. The van der Waals surface area contributed by atoms with Gasteiger partial charge in [-0.25, -0.2) is 14.3 Å². The van der Waals surface area contributed by atoms with Crippen molar-refractivity contribution in [2.24, 2.45) is 0 Å². The van der Waals surface area contributed by atoms with E-state index < -0.39 is 19.6 Å². The number of halogens is 2. The average molecular weight is 495 g/mol. The summed E-state index contributed by atoms with van der Waals surface area (Å²) in [4.78, 5) is 36.7. The fraction of sp³-hybridized carbons (Fsp3) is 0.455. The normalized spacial score (nSPS) is 12.7. The van der Waals surface area contributed by atoms with E-state index in [9.17, 15) is 9.59 Å². The first-order chi connectivity index (χ1) is 14.7. The lowest BCUT2D eigenvalue weighted by molar-refractivity contribution is 0.276. The summed E-state index contributed by atoms with van der Waals surface area (Å²) in [6.45, 7) is 15.1. The van der Waals surface area contributed by atoms with Gasteiger partial charge in [-0.2, -0.15) is 0 Å². The summed E-state index contributed by atoms with van der Waals surface area (Å²) < 4.78 is 7.80. The molecule has 0 amide bonds. The number of rotatable bonds is 5. The van der Waals surface area contributed by atoms with Crippen molar-refractivity contribution < 1.29 is 4.43 Å². The third kappa shape index (κ3) is 4.55. The molecule has 3 heterocycles. The first-order valence-electron chi connectivity index (χ1n) is 10.4. The predicted molar refractivity (Wildman–Crippen MR) is 132 cm³/mol. The van der Waals surface area contributed by atoms with Gasteiger partial charge in [-0.15, -0.1) is 0 Å². The highest BCUT2D eigenvalue weighted by atomic mass is 35.5. The van der Waals surface area contributed by atoms with Crippen LogP contribution in [-0.4, -0.2) is 27.8 Å². The Bertz CT molecular complexity index is 1290. The van der Waals surface area contributed by atoms with Gasteiger partial charge in [0.05, 0.1) is 28.4 Å². The second-order valence-corrected chi connectivity index (χ2v) is 15.2. The topological polar surface area (TPSA) is 89.9 Å². The highest BCUT2D eigenvalue weighted by Gasteiger charge is 2.37. The monoisotopic (exact) mass is 494 g/mol. The molecule has 0 radical (unpaired) electrons. The molecule has 3 aromatic heterocycles. The van der Waals surface area contributed by atoms with Crippen LogP contribution in [0.5, 0.6) is 0 Å². The standard InChI is InChI=1S/C22H28Cl2N4O3Si/c1-12(2)16-17(13(8-9-25-16)11-31-32(6,7)22(3,4)5)28-19-14(20(29)27-21(28)30)10-15(23)18(24)26-19/h8-10,12H,11H2,1-7H3,(H,27,29,30). The van der Waals surface area contributed by atoms with Gasteiger partial charge in [0.25, 0.3) is 5.56 Å². The second kappa shape index (κ2) is 8.74. The van der Waals surface area contributed by atoms with Gasteiger partial charge in [0.15, 0.2) is 14.0 Å². The van der Waals surface area contributed by atoms with E-state index >= 15 is 0 Å². The van der Waals surface area contributed by atoms with E-state index in [0.29, 0.717) is 18.0 Å². The van der Waals surface area contributed by atoms with Gasteiger partial charge in [-0.05, 0) is 36.2 Å². The molecule has 0 unspecified atom stereocenters. The zero-order valence-electron chi connectivity index (χ0n) is 19.3. The van der Waals surface area contributed by atoms with Crippen molar-refractivity contribution in [1.82, 2.24) is 19.5 Å². The zero-order valence-corrected chi connectivity index (χ0v) is 21.9. The maximum atomic E-state index is 13.1. The molecule has 3 rings (SSSR count). The highest BCUT2D eigenvalue weighted by molar-refractivity contribution is 6.74. The Balaban J connectivity index is 2.33. The average Bonchev–Trinajstić information content (AvgIpc) is 2.67. The summed E-state index contributed by atoms with van der Waals surface area (Å²) >= 11 is 12.3. The van der Waals surface area contributed by atoms with Crippen LogP contribution in [0.3, 0.4) is 0 Å². The zero-order chi connectivity index (χ0) is 24.0. The Morgan fingerprint density at radius 3 is 2.47 bits per heavy atom. The third-order valence-corrected chi connectivity index (χ3v) is 11.1. The van der Waals surface area contributed by atoms with Gasteiger partial charge in [0.1, 0.15) is 5.15 Å². The molecule has 10 heteroatoms. The van der Waals surface area contributed by atoms with Gasteiger partial charge >= 0.3 is 5.69 Å². The molecule has 0 spiro atoms. The molecule has 0 aliphatic heterocycles. The minimum Gasteiger partial charge on any atom is -0.412 e. The third-order valence-electron chi connectivity index (χ3n) is 5.99. The fourth-order valence-corrected chi connectivity index (χ4v) is 4.34. The largest absolute Gasteiger partial charge is 0.412 e. The molecule has 1 N–H and O–H groups in total. The number of hydrogen-bond acceptors (Lipinski definition) is 5. The molecule has 0 aliphatic carbocycles. The van der Waals surface area contributed by atoms with E-state index in [2.05, 4.69) is 48.8 Å². The van der Waals surface area contributed by atoms with E-state index in [4.69, 9.17) is 27.6 Å². The Morgan fingerprint density at radius 2 is 1.88 bits per heavy atom. The van der Waals surface area contributed by atoms with E-state index in [1.165, 1.54) is 10.6 Å². The maximum Gasteiger partial charge on any atom is 0.334 e. The van der Waals surface area contributed by atoms with E-state index in [0.717, 1.165) is 5.56 Å². The van der Waals surface area contributed by atoms with Crippen LogP contribution in [0.1, 0.15) is 51.8 Å². The summed E-state index contributed by atoms with van der Waals surface area (Å²) in [5.74, 6) is -0.00512. The number of hydrogen-bond donors (Lipinski definition) is 1. The Hall–Kier alpha value is -2.00. The Kier molecular flexibility index (Phi) is 6.73. The molecule has 0 saturated carbocycles. The maximum absolute atomic E-state index is 13.1. The van der Waals surface area contributed by atoms with Crippen molar-refractivity contribution in [3.8, 4) is 5.69 Å². The molecule has 0 bridgehead atoms. The fourth-order valence-electron chi connectivity index (χ4n) is 3.10. The SMILES string of the molecule is CC(C)c1nccc(CO[Si](C)(C)C(C)(C)C)c1-n1c(=O)[nH]c(=O)c2cc(Cl)c(Cl)nc21. The first kappa shape index (κ1) is 24.6. The Morgan fingerprint density at radius 1 is 1.22 bits per heavy atom. The predicted octanol–water partition coefficient (Wildman–Crippen LogP) is 5.42. The Labute approximate surface area is 197 Å². The molecule has 0 atom stereocenters. The number of aromatic amines is 1. The van der Waals surface area contributed by atoms with Crippen molar-refractivity contribution in [2.45, 2.75) is 65.3 Å². The lowest BCUT2D eigenvalue weighted by Crippen LogP contribution is -2.40. The van der Waals surface area contributed by atoms with Gasteiger partial charge < -0.3 is 4.43 Å². The first-order valence-corrected chi connectivity index (χ1v) is 14.0. The minimum absolute atomic E-state index is 0.00512. The van der Waals surface area contributed by atoms with Gasteiger partial charge in [-0.3, -0.25) is 14.8 Å². The number of nitrogens with zero attached hydrogens (tertiary/aromatic N) is 3. The van der Waals surface area contributed by atoms with Crippen molar-refractivity contribution >= 4 is 42.6 Å². The van der Waals surface area contributed by atoms with Crippen molar-refractivity contribution in [1.29, 1.82) is 0 Å². The summed E-state index contributed by atoms with van der Waals surface area (Å²) in [6.07, 6.45) is 1.71. The molecule has 0 fully saturated rings. The van der Waals surface area contributed by atoms with Crippen molar-refractivity contribution in [3.63, 3.8) is 0 Å². The van der Waals surface area contributed by atoms with Crippen LogP contribution >= 0.6 is 23.2 Å². The molecule has 7 nitrogen and oxygen atoms in total. The van der Waals surface area contributed by atoms with Crippen LogP contribution in [0.15, 0.2) is 27.9 Å². The van der Waals surface area contributed by atoms with E-state index in [1.54, 1.807) is 6.20 Å². The van der Waals surface area contributed by atoms with E-state index in [-0.39, 0.29) is 32.2 Å². The molecule has 0 aliphatic rings. The van der Waals surface area contributed by atoms with E-state index in [1.807, 2.05) is 19.9 Å². The lowest BCUT2D eigenvalue weighted by atomic mass is 10.0. The second-order valence-electron chi connectivity index (χ2n) is 9.63. The summed E-state index contributed by atoms with van der Waals surface area (Å²) in [6, 6.07) is 3.24. The van der Waals surface area contributed by atoms with Crippen LogP contribution < -0.4 is 11.2 Å². The van der Waals surface area contributed by atoms with Crippen LogP contribution in [0.4, 0.5) is 0 Å². The molecule has 3 aromatic rings. The summed E-state index contributed by atoms with van der Waals surface area (Å²) in [5, 5.41) is 0.321. The van der Waals surface area contributed by atoms with Crippen LogP contribution in [0.2, 0.25) is 28.3 Å². The van der Waals surface area contributed by atoms with Crippen molar-refractivity contribution in [3.05, 3.63) is 60.6 Å². The number of nitrogens with one attached hydrogen (secondary N) is 1. The van der Waals surface area contributed by atoms with Crippen LogP contribution in [0.25, 0.3) is 16.7 Å². The molecular formula is C22H28Cl2N4O3Si.